The van der Waals surface area contributed by atoms with Crippen molar-refractivity contribution in [3.05, 3.63) is 47.5 Å². The van der Waals surface area contributed by atoms with Gasteiger partial charge in [-0.1, -0.05) is 11.8 Å². The zero-order valence-corrected chi connectivity index (χ0v) is 13.4. The molecule has 10 heteroatoms. The van der Waals surface area contributed by atoms with E-state index >= 15 is 0 Å². The number of carboxylic acid groups (broad SMARTS) is 3. The van der Waals surface area contributed by atoms with Gasteiger partial charge in [0, 0.05) is 23.3 Å². The van der Waals surface area contributed by atoms with Gasteiger partial charge in [-0.05, 0) is 24.3 Å². The van der Waals surface area contributed by atoms with Crippen LogP contribution in [-0.2, 0) is 4.79 Å². The highest BCUT2D eigenvalue weighted by Gasteiger charge is 2.10. The Bertz CT molecular complexity index is 891. The standard InChI is InChI=1S/C17H11NO9/c19-15(20)9-25-12-5-3-10(4-6-12)1-2-11-7-13(26-16(21)22)18-14(8-11)27-17(23)24/h3-8H,9H2,(H,19,20)(H,21,22)(H,23,24). The summed E-state index contributed by atoms with van der Waals surface area (Å²) in [6.07, 6.45) is -3.27. The number of benzene rings is 1. The SMILES string of the molecule is O=C(O)COc1ccc(C#Cc2cc(OC(=O)O)nc(OC(=O)O)c2)cc1. The number of hydrogen-bond donors (Lipinski definition) is 3. The number of carbonyl (C=O) groups is 3. The molecule has 0 fully saturated rings. The molecule has 2 aromatic rings. The summed E-state index contributed by atoms with van der Waals surface area (Å²) in [6.45, 7) is -0.471. The van der Waals surface area contributed by atoms with Gasteiger partial charge in [0.15, 0.2) is 6.61 Å². The Morgan fingerprint density at radius 1 is 0.852 bits per heavy atom. The molecule has 0 radical (unpaired) electrons. The number of nitrogens with zero attached hydrogens (tertiary/aromatic N) is 1. The first kappa shape index (κ1) is 19.1. The van der Waals surface area contributed by atoms with Crippen molar-refractivity contribution in [3.63, 3.8) is 0 Å². The maximum absolute atomic E-state index is 10.6. The van der Waals surface area contributed by atoms with E-state index in [1.54, 1.807) is 12.1 Å². The summed E-state index contributed by atoms with van der Waals surface area (Å²) >= 11 is 0. The topological polar surface area (TPSA) is 152 Å². The molecule has 138 valence electrons. The number of ether oxygens (including phenoxy) is 3. The molecule has 1 aromatic heterocycles. The molecule has 0 aliphatic carbocycles. The van der Waals surface area contributed by atoms with Crippen molar-refractivity contribution in [2.45, 2.75) is 0 Å². The third-order valence-corrected chi connectivity index (χ3v) is 2.73. The van der Waals surface area contributed by atoms with E-state index in [1.165, 1.54) is 24.3 Å². The van der Waals surface area contributed by atoms with Crippen molar-refractivity contribution >= 4 is 18.3 Å². The lowest BCUT2D eigenvalue weighted by atomic mass is 10.2. The average molecular weight is 373 g/mol. The van der Waals surface area contributed by atoms with E-state index in [2.05, 4.69) is 26.3 Å². The van der Waals surface area contributed by atoms with E-state index in [1.807, 2.05) is 0 Å². The largest absolute Gasteiger partial charge is 0.512 e. The van der Waals surface area contributed by atoms with Crippen LogP contribution < -0.4 is 14.2 Å². The molecule has 0 saturated carbocycles. The lowest BCUT2D eigenvalue weighted by molar-refractivity contribution is -0.139. The van der Waals surface area contributed by atoms with Crippen molar-refractivity contribution in [2.75, 3.05) is 6.61 Å². The maximum Gasteiger partial charge on any atom is 0.512 e. The molecular weight excluding hydrogens is 362 g/mol. The van der Waals surface area contributed by atoms with Crippen LogP contribution in [0.15, 0.2) is 36.4 Å². The third-order valence-electron chi connectivity index (χ3n) is 2.73. The van der Waals surface area contributed by atoms with Gasteiger partial charge >= 0.3 is 18.3 Å². The molecule has 0 aliphatic heterocycles. The summed E-state index contributed by atoms with van der Waals surface area (Å²) in [5, 5.41) is 25.8. The summed E-state index contributed by atoms with van der Waals surface area (Å²) in [6, 6.07) is 8.60. The molecule has 0 atom stereocenters. The van der Waals surface area contributed by atoms with Crippen LogP contribution in [-0.4, -0.2) is 45.2 Å². The molecule has 1 aromatic carbocycles. The predicted octanol–water partition coefficient (Wildman–Crippen LogP) is 2.06. The first-order valence-electron chi connectivity index (χ1n) is 7.12. The first-order valence-corrected chi connectivity index (χ1v) is 7.12. The second kappa shape index (κ2) is 8.72. The van der Waals surface area contributed by atoms with Crippen LogP contribution in [0.1, 0.15) is 11.1 Å². The van der Waals surface area contributed by atoms with Gasteiger partial charge in [0.05, 0.1) is 0 Å². The van der Waals surface area contributed by atoms with E-state index in [0.717, 1.165) is 0 Å². The van der Waals surface area contributed by atoms with Crippen LogP contribution in [0.5, 0.6) is 17.5 Å². The molecule has 0 saturated heterocycles. The van der Waals surface area contributed by atoms with Crippen LogP contribution in [0.4, 0.5) is 9.59 Å². The molecule has 0 amide bonds. The van der Waals surface area contributed by atoms with Crippen LogP contribution in [0.3, 0.4) is 0 Å². The molecule has 0 spiro atoms. The smallest absolute Gasteiger partial charge is 0.482 e. The van der Waals surface area contributed by atoms with Gasteiger partial charge in [0.25, 0.3) is 0 Å². The van der Waals surface area contributed by atoms with E-state index < -0.39 is 36.6 Å². The van der Waals surface area contributed by atoms with E-state index in [-0.39, 0.29) is 5.56 Å². The van der Waals surface area contributed by atoms with E-state index in [4.69, 9.17) is 20.1 Å². The molecule has 1 heterocycles. The summed E-state index contributed by atoms with van der Waals surface area (Å²) in [5.41, 5.74) is 0.736. The number of aromatic nitrogens is 1. The molecule has 2 rings (SSSR count). The zero-order valence-electron chi connectivity index (χ0n) is 13.4. The van der Waals surface area contributed by atoms with Crippen molar-refractivity contribution in [2.24, 2.45) is 0 Å². The number of hydrogen-bond acceptors (Lipinski definition) is 7. The highest BCUT2D eigenvalue weighted by molar-refractivity contribution is 5.68. The maximum atomic E-state index is 10.6. The quantitative estimate of drug-likeness (QED) is 0.524. The Hall–Kier alpha value is -4.26. The molecule has 0 aliphatic rings. The summed E-state index contributed by atoms with van der Waals surface area (Å²) in [4.78, 5) is 35.3. The Morgan fingerprint density at radius 3 is 1.85 bits per heavy atom. The molecule has 0 unspecified atom stereocenters. The normalized spacial score (nSPS) is 9.48. The van der Waals surface area contributed by atoms with Gasteiger partial charge in [0.2, 0.25) is 11.8 Å². The lowest BCUT2D eigenvalue weighted by Crippen LogP contribution is -2.09. The summed E-state index contributed by atoms with van der Waals surface area (Å²) in [5.74, 6) is 3.89. The summed E-state index contributed by atoms with van der Waals surface area (Å²) in [7, 11) is 0. The summed E-state index contributed by atoms with van der Waals surface area (Å²) < 4.78 is 13.8. The van der Waals surface area contributed by atoms with Crippen molar-refractivity contribution in [1.82, 2.24) is 4.98 Å². The minimum Gasteiger partial charge on any atom is -0.482 e. The van der Waals surface area contributed by atoms with Gasteiger partial charge < -0.3 is 29.5 Å². The third kappa shape index (κ3) is 6.63. The fraction of sp³-hybridized carbons (Fsp3) is 0.0588. The minimum atomic E-state index is -1.63. The first-order chi connectivity index (χ1) is 12.8. The van der Waals surface area contributed by atoms with Gasteiger partial charge in [-0.25, -0.2) is 14.4 Å². The minimum absolute atomic E-state index is 0.198. The monoisotopic (exact) mass is 373 g/mol. The molecule has 0 bridgehead atoms. The second-order valence-corrected chi connectivity index (χ2v) is 4.73. The van der Waals surface area contributed by atoms with Gasteiger partial charge in [-0.2, -0.15) is 4.98 Å². The van der Waals surface area contributed by atoms with Crippen LogP contribution in [0, 0.1) is 11.8 Å². The highest BCUT2D eigenvalue weighted by Crippen LogP contribution is 2.18. The lowest BCUT2D eigenvalue weighted by Gasteiger charge is -2.03. The zero-order chi connectivity index (χ0) is 19.8. The van der Waals surface area contributed by atoms with Gasteiger partial charge in [0.1, 0.15) is 5.75 Å². The molecule has 3 N–H and O–H groups in total. The molecular formula is C17H11NO9. The number of carboxylic acids is 1. The van der Waals surface area contributed by atoms with Crippen molar-refractivity contribution in [1.29, 1.82) is 0 Å². The Morgan fingerprint density at radius 2 is 1.37 bits per heavy atom. The van der Waals surface area contributed by atoms with Crippen LogP contribution >= 0.6 is 0 Å². The van der Waals surface area contributed by atoms with Gasteiger partial charge in [-0.3, -0.25) is 0 Å². The highest BCUT2D eigenvalue weighted by atomic mass is 16.7. The number of aliphatic carboxylic acids is 1. The fourth-order valence-electron chi connectivity index (χ4n) is 1.76. The average Bonchev–Trinajstić information content (AvgIpc) is 2.57. The Kier molecular flexibility index (Phi) is 6.16. The van der Waals surface area contributed by atoms with Crippen molar-refractivity contribution < 1.29 is 43.9 Å². The Labute approximate surface area is 151 Å². The van der Waals surface area contributed by atoms with Crippen LogP contribution in [0.2, 0.25) is 0 Å². The van der Waals surface area contributed by atoms with Crippen LogP contribution in [0.25, 0.3) is 0 Å². The Balaban J connectivity index is 2.21. The molecule has 10 nitrogen and oxygen atoms in total. The predicted molar refractivity (Wildman–Crippen MR) is 87.1 cm³/mol. The fourth-order valence-corrected chi connectivity index (χ4v) is 1.76. The van der Waals surface area contributed by atoms with Gasteiger partial charge in [-0.15, -0.1) is 0 Å². The number of pyridine rings is 1. The number of rotatable bonds is 5. The van der Waals surface area contributed by atoms with Crippen molar-refractivity contribution in [3.8, 4) is 29.4 Å². The molecule has 27 heavy (non-hydrogen) atoms. The second-order valence-electron chi connectivity index (χ2n) is 4.73. The van der Waals surface area contributed by atoms with E-state index in [0.29, 0.717) is 11.3 Å². The van der Waals surface area contributed by atoms with E-state index in [9.17, 15) is 14.4 Å².